The Morgan fingerprint density at radius 1 is 0.862 bits per heavy atom. The molecule has 0 spiro atoms. The molecule has 0 unspecified atom stereocenters. The van der Waals surface area contributed by atoms with E-state index in [1.165, 1.54) is 0 Å². The SMILES string of the molecule is CCOc1ccc(C(=O)NCC(=O)OCCOc2ccccc2C)cc1OCC. The lowest BCUT2D eigenvalue weighted by atomic mass is 10.2. The normalized spacial score (nSPS) is 10.2. The molecule has 0 saturated carbocycles. The molecule has 0 saturated heterocycles. The predicted octanol–water partition coefficient (Wildman–Crippen LogP) is 3.14. The van der Waals surface area contributed by atoms with Gasteiger partial charge in [-0.25, -0.2) is 0 Å². The Hall–Kier alpha value is -3.22. The molecule has 0 bridgehead atoms. The Morgan fingerprint density at radius 3 is 2.31 bits per heavy atom. The Kier molecular flexibility index (Phi) is 8.82. The van der Waals surface area contributed by atoms with E-state index in [0.29, 0.717) is 30.3 Å². The number of para-hydroxylation sites is 1. The van der Waals surface area contributed by atoms with E-state index >= 15 is 0 Å². The molecule has 7 nitrogen and oxygen atoms in total. The fraction of sp³-hybridized carbons (Fsp3) is 0.364. The second-order valence-corrected chi connectivity index (χ2v) is 6.04. The Morgan fingerprint density at radius 2 is 1.59 bits per heavy atom. The molecule has 156 valence electrons. The summed E-state index contributed by atoms with van der Waals surface area (Å²) >= 11 is 0. The summed E-state index contributed by atoms with van der Waals surface area (Å²) in [5, 5.41) is 2.54. The van der Waals surface area contributed by atoms with Gasteiger partial charge in [0.1, 0.15) is 25.5 Å². The molecule has 7 heteroatoms. The highest BCUT2D eigenvalue weighted by Gasteiger charge is 2.13. The van der Waals surface area contributed by atoms with Crippen molar-refractivity contribution in [3.05, 3.63) is 53.6 Å². The van der Waals surface area contributed by atoms with Crippen molar-refractivity contribution in [2.45, 2.75) is 20.8 Å². The van der Waals surface area contributed by atoms with Gasteiger partial charge < -0.3 is 24.3 Å². The summed E-state index contributed by atoms with van der Waals surface area (Å²) in [6.45, 7) is 6.69. The summed E-state index contributed by atoms with van der Waals surface area (Å²) in [6.07, 6.45) is 0. The van der Waals surface area contributed by atoms with Crippen molar-refractivity contribution in [3.8, 4) is 17.2 Å². The minimum absolute atomic E-state index is 0.0978. The summed E-state index contributed by atoms with van der Waals surface area (Å²) in [4.78, 5) is 24.1. The highest BCUT2D eigenvalue weighted by Crippen LogP contribution is 2.28. The van der Waals surface area contributed by atoms with E-state index in [-0.39, 0.29) is 19.8 Å². The molecule has 0 atom stereocenters. The van der Waals surface area contributed by atoms with Gasteiger partial charge in [0.15, 0.2) is 11.5 Å². The molecule has 0 aliphatic rings. The molecule has 2 aromatic rings. The molecule has 0 fully saturated rings. The maximum atomic E-state index is 12.3. The maximum absolute atomic E-state index is 12.3. The number of hydrogen-bond donors (Lipinski definition) is 1. The number of hydrogen-bond acceptors (Lipinski definition) is 6. The lowest BCUT2D eigenvalue weighted by Crippen LogP contribution is -2.31. The third-order valence-corrected chi connectivity index (χ3v) is 3.90. The first-order valence-corrected chi connectivity index (χ1v) is 9.57. The number of amides is 1. The van der Waals surface area contributed by atoms with Crippen molar-refractivity contribution in [2.75, 3.05) is 33.0 Å². The molecule has 2 aromatic carbocycles. The molecule has 0 aliphatic carbocycles. The summed E-state index contributed by atoms with van der Waals surface area (Å²) in [6, 6.07) is 12.5. The Labute approximate surface area is 170 Å². The minimum atomic E-state index is -0.539. The van der Waals surface area contributed by atoms with Gasteiger partial charge in [-0.3, -0.25) is 9.59 Å². The molecule has 1 amide bonds. The van der Waals surface area contributed by atoms with Gasteiger partial charge in [0.2, 0.25) is 0 Å². The maximum Gasteiger partial charge on any atom is 0.325 e. The second kappa shape index (κ2) is 11.6. The van der Waals surface area contributed by atoms with Crippen LogP contribution in [-0.4, -0.2) is 44.8 Å². The van der Waals surface area contributed by atoms with E-state index in [1.807, 2.05) is 45.0 Å². The minimum Gasteiger partial charge on any atom is -0.490 e. The van der Waals surface area contributed by atoms with Crippen molar-refractivity contribution in [2.24, 2.45) is 0 Å². The first-order valence-electron chi connectivity index (χ1n) is 9.57. The number of aryl methyl sites for hydroxylation is 1. The molecule has 2 rings (SSSR count). The number of carbonyl (C=O) groups is 2. The highest BCUT2D eigenvalue weighted by molar-refractivity contribution is 5.96. The van der Waals surface area contributed by atoms with Crippen LogP contribution >= 0.6 is 0 Å². The molecule has 1 N–H and O–H groups in total. The molecule has 0 radical (unpaired) electrons. The topological polar surface area (TPSA) is 83.1 Å². The standard InChI is InChI=1S/C22H27NO6/c1-4-26-19-11-10-17(14-20(19)27-5-2)22(25)23-15-21(24)29-13-12-28-18-9-7-6-8-16(18)3/h6-11,14H,4-5,12-13,15H2,1-3H3,(H,23,25). The van der Waals surface area contributed by atoms with Crippen LogP contribution in [0.25, 0.3) is 0 Å². The van der Waals surface area contributed by atoms with E-state index in [0.717, 1.165) is 11.3 Å². The summed E-state index contributed by atoms with van der Waals surface area (Å²) in [7, 11) is 0. The van der Waals surface area contributed by atoms with Gasteiger partial charge in [-0.2, -0.15) is 0 Å². The van der Waals surface area contributed by atoms with Crippen LogP contribution in [0.15, 0.2) is 42.5 Å². The summed E-state index contributed by atoms with van der Waals surface area (Å²) < 4.78 is 21.6. The lowest BCUT2D eigenvalue weighted by Gasteiger charge is -2.12. The van der Waals surface area contributed by atoms with Crippen LogP contribution in [0, 0.1) is 6.92 Å². The fourth-order valence-corrected chi connectivity index (χ4v) is 2.52. The third kappa shape index (κ3) is 7.03. The predicted molar refractivity (Wildman–Crippen MR) is 109 cm³/mol. The number of rotatable bonds is 11. The number of ether oxygens (including phenoxy) is 4. The number of nitrogens with one attached hydrogen (secondary N) is 1. The largest absolute Gasteiger partial charge is 0.490 e. The van der Waals surface area contributed by atoms with Crippen molar-refractivity contribution >= 4 is 11.9 Å². The average Bonchev–Trinajstić information content (AvgIpc) is 2.72. The van der Waals surface area contributed by atoms with Crippen molar-refractivity contribution in [1.29, 1.82) is 0 Å². The second-order valence-electron chi connectivity index (χ2n) is 6.04. The van der Waals surface area contributed by atoms with Gasteiger partial charge in [-0.15, -0.1) is 0 Å². The van der Waals surface area contributed by atoms with Crippen molar-refractivity contribution in [1.82, 2.24) is 5.32 Å². The zero-order valence-electron chi connectivity index (χ0n) is 17.0. The zero-order valence-corrected chi connectivity index (χ0v) is 17.0. The first-order chi connectivity index (χ1) is 14.0. The van der Waals surface area contributed by atoms with Crippen LogP contribution in [0.3, 0.4) is 0 Å². The molecule has 0 aliphatic heterocycles. The van der Waals surface area contributed by atoms with Crippen LogP contribution in [-0.2, 0) is 9.53 Å². The van der Waals surface area contributed by atoms with Gasteiger partial charge in [0.25, 0.3) is 5.91 Å². The van der Waals surface area contributed by atoms with Crippen LogP contribution in [0.2, 0.25) is 0 Å². The zero-order chi connectivity index (χ0) is 21.1. The van der Waals surface area contributed by atoms with E-state index in [1.54, 1.807) is 18.2 Å². The Bertz CT molecular complexity index is 821. The summed E-state index contributed by atoms with van der Waals surface area (Å²) in [5.41, 5.74) is 1.38. The quantitative estimate of drug-likeness (QED) is 0.460. The van der Waals surface area contributed by atoms with Crippen molar-refractivity contribution in [3.63, 3.8) is 0 Å². The number of carbonyl (C=O) groups excluding carboxylic acids is 2. The first kappa shape index (κ1) is 22.1. The van der Waals surface area contributed by atoms with E-state index in [2.05, 4.69) is 5.32 Å². The summed E-state index contributed by atoms with van der Waals surface area (Å²) in [5.74, 6) is 0.860. The number of benzene rings is 2. The fourth-order valence-electron chi connectivity index (χ4n) is 2.52. The van der Waals surface area contributed by atoms with Crippen LogP contribution in [0.1, 0.15) is 29.8 Å². The lowest BCUT2D eigenvalue weighted by molar-refractivity contribution is -0.143. The Balaban J connectivity index is 1.77. The average molecular weight is 401 g/mol. The van der Waals surface area contributed by atoms with Crippen LogP contribution < -0.4 is 19.5 Å². The third-order valence-electron chi connectivity index (χ3n) is 3.90. The monoisotopic (exact) mass is 401 g/mol. The van der Waals surface area contributed by atoms with Gasteiger partial charge in [-0.1, -0.05) is 18.2 Å². The van der Waals surface area contributed by atoms with Crippen LogP contribution in [0.4, 0.5) is 0 Å². The van der Waals surface area contributed by atoms with E-state index in [9.17, 15) is 9.59 Å². The smallest absolute Gasteiger partial charge is 0.325 e. The van der Waals surface area contributed by atoms with Gasteiger partial charge in [0, 0.05) is 5.56 Å². The highest BCUT2D eigenvalue weighted by atomic mass is 16.6. The van der Waals surface area contributed by atoms with Gasteiger partial charge in [-0.05, 0) is 50.6 Å². The number of esters is 1. The van der Waals surface area contributed by atoms with Gasteiger partial charge in [0.05, 0.1) is 13.2 Å². The van der Waals surface area contributed by atoms with Crippen LogP contribution in [0.5, 0.6) is 17.2 Å². The molecule has 0 heterocycles. The van der Waals surface area contributed by atoms with E-state index < -0.39 is 11.9 Å². The van der Waals surface area contributed by atoms with Gasteiger partial charge >= 0.3 is 5.97 Å². The molecular weight excluding hydrogens is 374 g/mol. The van der Waals surface area contributed by atoms with Crippen molar-refractivity contribution < 1.29 is 28.5 Å². The molecule has 29 heavy (non-hydrogen) atoms. The molecular formula is C22H27NO6. The molecule has 0 aromatic heterocycles. The van der Waals surface area contributed by atoms with E-state index in [4.69, 9.17) is 18.9 Å².